The summed E-state index contributed by atoms with van der Waals surface area (Å²) in [5.41, 5.74) is 0. The maximum atomic E-state index is 11.9. The quantitative estimate of drug-likeness (QED) is 0.752. The van der Waals surface area contributed by atoms with E-state index in [0.717, 1.165) is 0 Å². The van der Waals surface area contributed by atoms with Gasteiger partial charge >= 0.3 is 0 Å². The number of amides is 2. The van der Waals surface area contributed by atoms with Gasteiger partial charge in [-0.25, -0.2) is 0 Å². The number of ether oxygens (including phenoxy) is 1. The molecule has 0 radical (unpaired) electrons. The number of nitrogens with one attached hydrogen (secondary N) is 1. The summed E-state index contributed by atoms with van der Waals surface area (Å²) in [4.78, 5) is 25.3. The second kappa shape index (κ2) is 6.00. The van der Waals surface area contributed by atoms with Gasteiger partial charge in [-0.1, -0.05) is 20.8 Å². The van der Waals surface area contributed by atoms with Crippen LogP contribution in [0.15, 0.2) is 0 Å². The Morgan fingerprint density at radius 3 is 2.59 bits per heavy atom. The molecule has 0 aliphatic carbocycles. The summed E-state index contributed by atoms with van der Waals surface area (Å²) in [6.07, 6.45) is 0. The van der Waals surface area contributed by atoms with Crippen molar-refractivity contribution in [3.8, 4) is 0 Å². The van der Waals surface area contributed by atoms with Crippen LogP contribution in [0.5, 0.6) is 0 Å². The molecule has 98 valence electrons. The van der Waals surface area contributed by atoms with Crippen LogP contribution in [0.3, 0.4) is 0 Å². The molecule has 17 heavy (non-hydrogen) atoms. The SMILES string of the molecule is COCC(C)CN1C(=O)CNC(=O)C1C(C)C. The lowest BCUT2D eigenvalue weighted by Gasteiger charge is -2.38. The van der Waals surface area contributed by atoms with Crippen molar-refractivity contribution in [2.75, 3.05) is 26.8 Å². The highest BCUT2D eigenvalue weighted by Crippen LogP contribution is 2.16. The van der Waals surface area contributed by atoms with E-state index in [0.29, 0.717) is 13.2 Å². The molecule has 0 aromatic carbocycles. The Bertz CT molecular complexity index is 291. The molecule has 1 rings (SSSR count). The van der Waals surface area contributed by atoms with E-state index >= 15 is 0 Å². The zero-order valence-corrected chi connectivity index (χ0v) is 11.0. The molecule has 2 unspecified atom stereocenters. The average molecular weight is 242 g/mol. The van der Waals surface area contributed by atoms with E-state index in [-0.39, 0.29) is 36.2 Å². The highest BCUT2D eigenvalue weighted by atomic mass is 16.5. The van der Waals surface area contributed by atoms with Gasteiger partial charge in [-0.05, 0) is 11.8 Å². The minimum Gasteiger partial charge on any atom is -0.384 e. The van der Waals surface area contributed by atoms with Gasteiger partial charge < -0.3 is 15.0 Å². The number of nitrogens with zero attached hydrogens (tertiary/aromatic N) is 1. The first-order valence-corrected chi connectivity index (χ1v) is 6.03. The number of carbonyl (C=O) groups excluding carboxylic acids is 2. The molecule has 5 heteroatoms. The molecule has 1 saturated heterocycles. The molecular formula is C12H22N2O3. The van der Waals surface area contributed by atoms with Crippen LogP contribution < -0.4 is 5.32 Å². The first-order valence-electron chi connectivity index (χ1n) is 6.03. The smallest absolute Gasteiger partial charge is 0.243 e. The van der Waals surface area contributed by atoms with Gasteiger partial charge in [-0.15, -0.1) is 0 Å². The van der Waals surface area contributed by atoms with E-state index in [4.69, 9.17) is 4.74 Å². The standard InChI is InChI=1S/C12H22N2O3/c1-8(2)11-12(16)13-5-10(15)14(11)6-9(3)7-17-4/h8-9,11H,5-7H2,1-4H3,(H,13,16). The summed E-state index contributed by atoms with van der Waals surface area (Å²) in [6, 6.07) is -0.351. The Balaban J connectivity index is 2.75. The number of hydrogen-bond donors (Lipinski definition) is 1. The Labute approximate surface area is 102 Å². The van der Waals surface area contributed by atoms with Crippen LogP contribution in [0.2, 0.25) is 0 Å². The number of rotatable bonds is 5. The number of hydrogen-bond acceptors (Lipinski definition) is 3. The molecule has 2 amide bonds. The van der Waals surface area contributed by atoms with Crippen molar-refractivity contribution in [3.05, 3.63) is 0 Å². The van der Waals surface area contributed by atoms with Gasteiger partial charge in [0, 0.05) is 13.7 Å². The fraction of sp³-hybridized carbons (Fsp3) is 0.833. The third-order valence-corrected chi connectivity index (χ3v) is 2.93. The van der Waals surface area contributed by atoms with Crippen LogP contribution in [-0.4, -0.2) is 49.6 Å². The van der Waals surface area contributed by atoms with Gasteiger partial charge in [-0.3, -0.25) is 9.59 Å². The number of methoxy groups -OCH3 is 1. The lowest BCUT2D eigenvalue weighted by molar-refractivity contribution is -0.148. The van der Waals surface area contributed by atoms with Crippen molar-refractivity contribution in [3.63, 3.8) is 0 Å². The van der Waals surface area contributed by atoms with Crippen molar-refractivity contribution in [2.24, 2.45) is 11.8 Å². The molecule has 0 spiro atoms. The molecule has 1 aliphatic heterocycles. The van der Waals surface area contributed by atoms with E-state index in [2.05, 4.69) is 5.32 Å². The lowest BCUT2D eigenvalue weighted by atomic mass is 9.98. The summed E-state index contributed by atoms with van der Waals surface area (Å²) in [5, 5.41) is 2.64. The van der Waals surface area contributed by atoms with Crippen LogP contribution in [0.1, 0.15) is 20.8 Å². The fourth-order valence-corrected chi connectivity index (χ4v) is 2.22. The maximum absolute atomic E-state index is 11.9. The molecule has 1 fully saturated rings. The molecule has 1 N–H and O–H groups in total. The lowest BCUT2D eigenvalue weighted by Crippen LogP contribution is -2.61. The summed E-state index contributed by atoms with van der Waals surface area (Å²) in [6.45, 7) is 7.20. The molecular weight excluding hydrogens is 220 g/mol. The van der Waals surface area contributed by atoms with Crippen LogP contribution >= 0.6 is 0 Å². The molecule has 0 aromatic rings. The summed E-state index contributed by atoms with van der Waals surface area (Å²) < 4.78 is 5.06. The molecule has 5 nitrogen and oxygen atoms in total. The van der Waals surface area contributed by atoms with Crippen molar-refractivity contribution in [2.45, 2.75) is 26.8 Å². The van der Waals surface area contributed by atoms with E-state index < -0.39 is 0 Å². The third-order valence-electron chi connectivity index (χ3n) is 2.93. The monoisotopic (exact) mass is 242 g/mol. The predicted molar refractivity (Wildman–Crippen MR) is 64.4 cm³/mol. The Hall–Kier alpha value is -1.10. The minimum atomic E-state index is -0.351. The van der Waals surface area contributed by atoms with Gasteiger partial charge in [-0.2, -0.15) is 0 Å². The van der Waals surface area contributed by atoms with Gasteiger partial charge in [0.25, 0.3) is 0 Å². The zero-order valence-electron chi connectivity index (χ0n) is 11.0. The topological polar surface area (TPSA) is 58.6 Å². The van der Waals surface area contributed by atoms with Crippen molar-refractivity contribution in [1.82, 2.24) is 10.2 Å². The second-order valence-electron chi connectivity index (χ2n) is 5.01. The minimum absolute atomic E-state index is 0.00810. The Kier molecular flexibility index (Phi) is 4.93. The molecule has 0 saturated carbocycles. The van der Waals surface area contributed by atoms with Crippen LogP contribution in [0, 0.1) is 11.8 Å². The molecule has 1 heterocycles. The maximum Gasteiger partial charge on any atom is 0.243 e. The number of piperazine rings is 1. The molecule has 2 atom stereocenters. The van der Waals surface area contributed by atoms with Gasteiger partial charge in [0.15, 0.2) is 0 Å². The van der Waals surface area contributed by atoms with Gasteiger partial charge in [0.05, 0.1) is 13.2 Å². The highest BCUT2D eigenvalue weighted by molar-refractivity contribution is 5.94. The molecule has 0 aromatic heterocycles. The summed E-state index contributed by atoms with van der Waals surface area (Å²) in [5.74, 6) is 0.292. The molecule has 1 aliphatic rings. The average Bonchev–Trinajstić information content (AvgIpc) is 2.23. The van der Waals surface area contributed by atoms with Crippen LogP contribution in [-0.2, 0) is 14.3 Å². The second-order valence-corrected chi connectivity index (χ2v) is 5.01. The van der Waals surface area contributed by atoms with Crippen LogP contribution in [0.4, 0.5) is 0 Å². The van der Waals surface area contributed by atoms with E-state index in [1.165, 1.54) is 0 Å². The number of carbonyl (C=O) groups is 2. The van der Waals surface area contributed by atoms with E-state index in [9.17, 15) is 9.59 Å². The summed E-state index contributed by atoms with van der Waals surface area (Å²) >= 11 is 0. The Morgan fingerprint density at radius 1 is 1.41 bits per heavy atom. The summed E-state index contributed by atoms with van der Waals surface area (Å²) in [7, 11) is 1.64. The third kappa shape index (κ3) is 3.43. The van der Waals surface area contributed by atoms with Crippen molar-refractivity contribution >= 4 is 11.8 Å². The zero-order chi connectivity index (χ0) is 13.0. The first kappa shape index (κ1) is 14.0. The highest BCUT2D eigenvalue weighted by Gasteiger charge is 2.36. The predicted octanol–water partition coefficient (Wildman–Crippen LogP) is 0.252. The fourth-order valence-electron chi connectivity index (χ4n) is 2.22. The van der Waals surface area contributed by atoms with E-state index in [1.807, 2.05) is 20.8 Å². The van der Waals surface area contributed by atoms with Crippen molar-refractivity contribution in [1.29, 1.82) is 0 Å². The van der Waals surface area contributed by atoms with Crippen LogP contribution in [0.25, 0.3) is 0 Å². The largest absolute Gasteiger partial charge is 0.384 e. The first-order chi connectivity index (χ1) is 7.97. The van der Waals surface area contributed by atoms with E-state index in [1.54, 1.807) is 12.0 Å². The molecule has 0 bridgehead atoms. The van der Waals surface area contributed by atoms with Gasteiger partial charge in [0.1, 0.15) is 6.04 Å². The van der Waals surface area contributed by atoms with Gasteiger partial charge in [0.2, 0.25) is 11.8 Å². The Morgan fingerprint density at radius 2 is 2.06 bits per heavy atom. The van der Waals surface area contributed by atoms with Crippen molar-refractivity contribution < 1.29 is 14.3 Å². The normalized spacial score (nSPS) is 22.9.